The number of nitrogens with zero attached hydrogens (tertiary/aromatic N) is 2. The first-order valence-electron chi connectivity index (χ1n) is 10.8. The highest BCUT2D eigenvalue weighted by atomic mass is 127. The van der Waals surface area contributed by atoms with Crippen LogP contribution in [-0.2, 0) is 9.53 Å². The summed E-state index contributed by atoms with van der Waals surface area (Å²) in [5.74, 6) is 0.627. The Balaban J connectivity index is 0.00000385. The van der Waals surface area contributed by atoms with Crippen molar-refractivity contribution in [3.63, 3.8) is 0 Å². The molecule has 2 unspecified atom stereocenters. The van der Waals surface area contributed by atoms with Gasteiger partial charge in [0, 0.05) is 26.7 Å². The van der Waals surface area contributed by atoms with Gasteiger partial charge in [0.1, 0.15) is 17.7 Å². The topological polar surface area (TPSA) is 75.2 Å². The minimum absolute atomic E-state index is 0. The van der Waals surface area contributed by atoms with Gasteiger partial charge in [-0.3, -0.25) is 9.79 Å². The lowest BCUT2D eigenvalue weighted by Gasteiger charge is -2.31. The summed E-state index contributed by atoms with van der Waals surface area (Å²) in [4.78, 5) is 19.3. The second kappa shape index (κ2) is 14.0. The number of hydrogen-bond acceptors (Lipinski definition) is 4. The minimum atomic E-state index is -0.333. The molecule has 2 N–H and O–H groups in total. The van der Waals surface area contributed by atoms with Gasteiger partial charge in [-0.05, 0) is 36.8 Å². The molecule has 0 spiro atoms. The fourth-order valence-electron chi connectivity index (χ4n) is 3.48. The van der Waals surface area contributed by atoms with Crippen LogP contribution in [0.15, 0.2) is 59.6 Å². The average Bonchev–Trinajstić information content (AvgIpc) is 2.83. The molecule has 1 heterocycles. The summed E-state index contributed by atoms with van der Waals surface area (Å²) in [6.07, 6.45) is -0.168. The van der Waals surface area contributed by atoms with E-state index in [0.717, 1.165) is 5.56 Å². The van der Waals surface area contributed by atoms with Crippen molar-refractivity contribution in [3.8, 4) is 5.75 Å². The van der Waals surface area contributed by atoms with Crippen LogP contribution < -0.4 is 15.4 Å². The monoisotopic (exact) mass is 570 g/mol. The number of carbonyl (C=O) groups is 1. The fourth-order valence-corrected chi connectivity index (χ4v) is 3.48. The van der Waals surface area contributed by atoms with Crippen LogP contribution in [0.2, 0.25) is 0 Å². The van der Waals surface area contributed by atoms with Crippen molar-refractivity contribution < 1.29 is 18.7 Å². The summed E-state index contributed by atoms with van der Waals surface area (Å²) in [6, 6.07) is 15.7. The maximum absolute atomic E-state index is 13.2. The van der Waals surface area contributed by atoms with Gasteiger partial charge in [0.05, 0.1) is 25.7 Å². The van der Waals surface area contributed by atoms with Gasteiger partial charge in [-0.25, -0.2) is 4.39 Å². The quantitative estimate of drug-likeness (QED) is 0.290. The Morgan fingerprint density at radius 2 is 1.73 bits per heavy atom. The molecule has 1 saturated heterocycles. The number of halogens is 2. The Morgan fingerprint density at radius 1 is 1.09 bits per heavy atom. The number of aliphatic imine (C=N–C) groups is 1. The number of benzene rings is 2. The molecular weight excluding hydrogens is 538 g/mol. The maximum atomic E-state index is 13.2. The summed E-state index contributed by atoms with van der Waals surface area (Å²) in [5.41, 5.74) is 0.958. The number of morpholine rings is 1. The number of rotatable bonds is 8. The lowest BCUT2D eigenvalue weighted by molar-refractivity contribution is -0.136. The molecule has 1 aliphatic heterocycles. The van der Waals surface area contributed by atoms with Gasteiger partial charge in [0.25, 0.3) is 0 Å². The molecule has 1 amide bonds. The van der Waals surface area contributed by atoms with E-state index in [9.17, 15) is 9.18 Å². The summed E-state index contributed by atoms with van der Waals surface area (Å²) < 4.78 is 24.2. The van der Waals surface area contributed by atoms with Crippen molar-refractivity contribution in [1.29, 1.82) is 0 Å². The molecule has 2 aromatic rings. The zero-order chi connectivity index (χ0) is 22.8. The first-order chi connectivity index (χ1) is 15.6. The molecule has 3 rings (SSSR count). The van der Waals surface area contributed by atoms with Crippen LogP contribution in [0.1, 0.15) is 18.4 Å². The zero-order valence-electron chi connectivity index (χ0n) is 19.0. The van der Waals surface area contributed by atoms with Crippen molar-refractivity contribution in [3.05, 3.63) is 66.0 Å². The van der Waals surface area contributed by atoms with Crippen LogP contribution in [0.4, 0.5) is 4.39 Å². The highest BCUT2D eigenvalue weighted by molar-refractivity contribution is 14.0. The number of guanidine groups is 1. The van der Waals surface area contributed by atoms with Crippen LogP contribution in [0.3, 0.4) is 0 Å². The maximum Gasteiger partial charge on any atom is 0.232 e. The lowest BCUT2D eigenvalue weighted by Crippen LogP contribution is -2.48. The Hall–Kier alpha value is -2.40. The third-order valence-electron chi connectivity index (χ3n) is 5.23. The Kier molecular flexibility index (Phi) is 11.4. The molecular formula is C24H32FIN4O3. The number of nitrogens with one attached hydrogen (secondary N) is 2. The molecule has 0 aromatic heterocycles. The molecule has 0 bridgehead atoms. The van der Waals surface area contributed by atoms with E-state index >= 15 is 0 Å². The van der Waals surface area contributed by atoms with E-state index in [4.69, 9.17) is 9.47 Å². The van der Waals surface area contributed by atoms with Gasteiger partial charge in [0.15, 0.2) is 5.96 Å². The number of carbonyl (C=O) groups excluding carboxylic acids is 1. The van der Waals surface area contributed by atoms with E-state index < -0.39 is 0 Å². The third-order valence-corrected chi connectivity index (χ3v) is 5.23. The van der Waals surface area contributed by atoms with Gasteiger partial charge >= 0.3 is 0 Å². The predicted octanol–water partition coefficient (Wildman–Crippen LogP) is 3.02. The molecule has 0 saturated carbocycles. The summed E-state index contributed by atoms with van der Waals surface area (Å²) in [5, 5.41) is 6.49. The molecule has 2 atom stereocenters. The summed E-state index contributed by atoms with van der Waals surface area (Å²) >= 11 is 0. The van der Waals surface area contributed by atoms with Gasteiger partial charge in [-0.2, -0.15) is 0 Å². The third kappa shape index (κ3) is 8.47. The molecule has 1 fully saturated rings. The molecule has 7 nitrogen and oxygen atoms in total. The normalized spacial score (nSPS) is 15.7. The highest BCUT2D eigenvalue weighted by Crippen LogP contribution is 2.19. The smallest absolute Gasteiger partial charge is 0.232 e. The largest absolute Gasteiger partial charge is 0.489 e. The Bertz CT molecular complexity index is 877. The lowest BCUT2D eigenvalue weighted by atomic mass is 9.97. The van der Waals surface area contributed by atoms with Crippen molar-refractivity contribution in [2.24, 2.45) is 4.99 Å². The van der Waals surface area contributed by atoms with Gasteiger partial charge in [-0.1, -0.05) is 30.3 Å². The van der Waals surface area contributed by atoms with Gasteiger partial charge in [-0.15, -0.1) is 24.0 Å². The van der Waals surface area contributed by atoms with Crippen molar-refractivity contribution in [1.82, 2.24) is 15.5 Å². The van der Waals surface area contributed by atoms with Crippen molar-refractivity contribution in [2.45, 2.75) is 18.9 Å². The second-order valence-corrected chi connectivity index (χ2v) is 7.62. The predicted molar refractivity (Wildman–Crippen MR) is 138 cm³/mol. The zero-order valence-corrected chi connectivity index (χ0v) is 21.3. The molecule has 0 radical (unpaired) electrons. The first-order valence-corrected chi connectivity index (χ1v) is 10.8. The summed E-state index contributed by atoms with van der Waals surface area (Å²) in [6.45, 7) is 5.16. The number of amides is 1. The molecule has 1 aliphatic rings. The van der Waals surface area contributed by atoms with Gasteiger partial charge in [0.2, 0.25) is 5.91 Å². The first kappa shape index (κ1) is 26.8. The van der Waals surface area contributed by atoms with Crippen LogP contribution in [0, 0.1) is 5.82 Å². The number of hydrogen-bond donors (Lipinski definition) is 2. The Labute approximate surface area is 211 Å². The number of ether oxygens (including phenoxy) is 2. The van der Waals surface area contributed by atoms with Crippen molar-refractivity contribution >= 4 is 35.8 Å². The Morgan fingerprint density at radius 3 is 2.36 bits per heavy atom. The SMILES string of the molecule is CN=C(NCC(C)Oc1ccc(F)cc1)NCC(C(=O)N1CCOCC1)c1ccccc1.I. The van der Waals surface area contributed by atoms with E-state index in [1.54, 1.807) is 19.2 Å². The summed E-state index contributed by atoms with van der Waals surface area (Å²) in [7, 11) is 1.68. The van der Waals surface area contributed by atoms with E-state index in [1.807, 2.05) is 42.2 Å². The molecule has 33 heavy (non-hydrogen) atoms. The second-order valence-electron chi connectivity index (χ2n) is 7.62. The fraction of sp³-hybridized carbons (Fsp3) is 0.417. The van der Waals surface area contributed by atoms with Crippen molar-refractivity contribution in [2.75, 3.05) is 46.4 Å². The molecule has 9 heteroatoms. The molecule has 180 valence electrons. The van der Waals surface area contributed by atoms with E-state index in [1.165, 1.54) is 12.1 Å². The van der Waals surface area contributed by atoms with Crippen LogP contribution in [0.5, 0.6) is 5.75 Å². The van der Waals surface area contributed by atoms with Crippen LogP contribution in [-0.4, -0.2) is 69.3 Å². The molecule has 0 aliphatic carbocycles. The average molecular weight is 570 g/mol. The van der Waals surface area contributed by atoms with Crippen LogP contribution in [0.25, 0.3) is 0 Å². The standard InChI is InChI=1S/C24H31FN4O3.HI/c1-18(32-21-10-8-20(25)9-11-21)16-27-24(26-2)28-17-22(19-6-4-3-5-7-19)23(30)29-12-14-31-15-13-29;/h3-11,18,22H,12-17H2,1-2H3,(H2,26,27,28);1H. The molecule has 2 aromatic carbocycles. The van der Waals surface area contributed by atoms with E-state index in [0.29, 0.717) is 51.1 Å². The highest BCUT2D eigenvalue weighted by Gasteiger charge is 2.27. The van der Waals surface area contributed by atoms with E-state index in [-0.39, 0.29) is 47.7 Å². The van der Waals surface area contributed by atoms with Gasteiger partial charge < -0.3 is 25.0 Å². The minimum Gasteiger partial charge on any atom is -0.489 e. The van der Waals surface area contributed by atoms with E-state index in [2.05, 4.69) is 15.6 Å². The van der Waals surface area contributed by atoms with Crippen LogP contribution >= 0.6 is 24.0 Å².